The first-order chi connectivity index (χ1) is 25.4. The molecular weight excluding hydrogens is 647 g/mol. The molecule has 0 aliphatic carbocycles. The molecule has 8 heteroatoms. The Morgan fingerprint density at radius 2 is 1.25 bits per heavy atom. The van der Waals surface area contributed by atoms with Crippen LogP contribution in [-0.4, -0.2) is 50.1 Å². The van der Waals surface area contributed by atoms with Crippen molar-refractivity contribution in [2.24, 2.45) is 5.92 Å². The minimum Gasteiger partial charge on any atom is -0.467 e. The number of unbranched alkanes of at least 4 members (excludes halogenated alkanes) is 1. The number of methoxy groups -OCH3 is 1. The zero-order valence-electron chi connectivity index (χ0n) is 30.2. The molecule has 6 rings (SSSR count). The Balaban J connectivity index is 1.38. The molecule has 264 valence electrons. The molecule has 0 aliphatic rings. The van der Waals surface area contributed by atoms with Gasteiger partial charge in [-0.25, -0.2) is 4.79 Å². The number of carbonyl (C=O) groups is 2. The molecule has 0 spiro atoms. The van der Waals surface area contributed by atoms with Crippen LogP contribution >= 0.6 is 0 Å². The van der Waals surface area contributed by atoms with E-state index >= 15 is 0 Å². The summed E-state index contributed by atoms with van der Waals surface area (Å²) in [6.45, 7) is 6.24. The van der Waals surface area contributed by atoms with Crippen molar-refractivity contribution < 1.29 is 14.3 Å². The molecule has 1 aromatic heterocycles. The summed E-state index contributed by atoms with van der Waals surface area (Å²) in [6.07, 6.45) is 2.04. The van der Waals surface area contributed by atoms with Crippen molar-refractivity contribution in [2.45, 2.75) is 58.2 Å². The fourth-order valence-electron chi connectivity index (χ4n) is 6.96. The maximum atomic E-state index is 13.4. The molecular formula is C44H45N5O3. The highest BCUT2D eigenvalue weighted by Gasteiger charge is 2.41. The van der Waals surface area contributed by atoms with Crippen LogP contribution in [0.5, 0.6) is 0 Å². The van der Waals surface area contributed by atoms with E-state index in [4.69, 9.17) is 20.1 Å². The fourth-order valence-corrected chi connectivity index (χ4v) is 6.96. The SMILES string of the molecule is CCCCC(=O)N(Cc1ccc(-c2ccccc2-c2nnn(C(c3ccccc3)(c3ccccc3)c3ccccc3)n2)cc1)[C@H](C(=O)OC)C(C)C. The van der Waals surface area contributed by atoms with Crippen molar-refractivity contribution in [3.8, 4) is 22.5 Å². The molecule has 0 saturated heterocycles. The van der Waals surface area contributed by atoms with Crippen molar-refractivity contribution in [1.29, 1.82) is 0 Å². The van der Waals surface area contributed by atoms with Crippen molar-refractivity contribution in [3.63, 3.8) is 0 Å². The molecule has 8 nitrogen and oxygen atoms in total. The first-order valence-electron chi connectivity index (χ1n) is 17.9. The van der Waals surface area contributed by atoms with Crippen LogP contribution in [0.2, 0.25) is 0 Å². The van der Waals surface area contributed by atoms with Crippen LogP contribution in [0.1, 0.15) is 62.3 Å². The van der Waals surface area contributed by atoms with Gasteiger partial charge in [0.1, 0.15) is 6.04 Å². The van der Waals surface area contributed by atoms with Crippen LogP contribution in [0.4, 0.5) is 0 Å². The van der Waals surface area contributed by atoms with Crippen LogP contribution in [0.25, 0.3) is 22.5 Å². The van der Waals surface area contributed by atoms with E-state index in [-0.39, 0.29) is 11.8 Å². The highest BCUT2D eigenvalue weighted by molar-refractivity contribution is 5.85. The van der Waals surface area contributed by atoms with Crippen molar-refractivity contribution in [1.82, 2.24) is 25.1 Å². The fraction of sp³-hybridized carbons (Fsp3) is 0.250. The van der Waals surface area contributed by atoms with Crippen LogP contribution < -0.4 is 0 Å². The zero-order valence-corrected chi connectivity index (χ0v) is 30.2. The van der Waals surface area contributed by atoms with E-state index in [1.165, 1.54) is 7.11 Å². The first-order valence-corrected chi connectivity index (χ1v) is 17.9. The minimum atomic E-state index is -0.885. The molecule has 0 radical (unpaired) electrons. The summed E-state index contributed by atoms with van der Waals surface area (Å²) in [6, 6.07) is 46.3. The lowest BCUT2D eigenvalue weighted by atomic mass is 9.77. The predicted octanol–water partition coefficient (Wildman–Crippen LogP) is 8.56. The standard InChI is InChI=1S/C44H45N5O3/c1-5-6-26-40(50)48(41(32(2)3)43(51)52-4)31-33-27-29-34(30-28-33)38-24-16-17-25-39(38)42-45-47-49(46-42)44(35-18-10-7-11-19-35,36-20-12-8-13-21-36)37-22-14-9-15-23-37/h7-25,27-30,32,41H,5-6,26,31H2,1-4H3/t41-/m0/s1. The van der Waals surface area contributed by atoms with Gasteiger partial charge in [-0.3, -0.25) is 4.79 Å². The van der Waals surface area contributed by atoms with Crippen molar-refractivity contribution in [3.05, 3.63) is 162 Å². The van der Waals surface area contributed by atoms with Gasteiger partial charge in [-0.15, -0.1) is 15.0 Å². The quantitative estimate of drug-likeness (QED) is 0.0840. The average molecular weight is 692 g/mol. The van der Waals surface area contributed by atoms with Gasteiger partial charge < -0.3 is 9.64 Å². The van der Waals surface area contributed by atoms with Crippen LogP contribution in [-0.2, 0) is 26.4 Å². The molecule has 52 heavy (non-hydrogen) atoms. The summed E-state index contributed by atoms with van der Waals surface area (Å²) in [5, 5.41) is 14.6. The second kappa shape index (κ2) is 16.4. The average Bonchev–Trinajstić information content (AvgIpc) is 3.69. The molecule has 0 aliphatic heterocycles. The third kappa shape index (κ3) is 7.28. The van der Waals surface area contributed by atoms with E-state index in [9.17, 15) is 9.59 Å². The van der Waals surface area contributed by atoms with Gasteiger partial charge >= 0.3 is 5.97 Å². The summed E-state index contributed by atoms with van der Waals surface area (Å²) in [7, 11) is 1.37. The first kappa shape index (κ1) is 35.9. The minimum absolute atomic E-state index is 0.0490. The van der Waals surface area contributed by atoms with Gasteiger partial charge in [0.15, 0.2) is 5.54 Å². The largest absolute Gasteiger partial charge is 0.467 e. The van der Waals surface area contributed by atoms with Gasteiger partial charge in [-0.2, -0.15) is 0 Å². The highest BCUT2D eigenvalue weighted by Crippen LogP contribution is 2.40. The topological polar surface area (TPSA) is 90.2 Å². The summed E-state index contributed by atoms with van der Waals surface area (Å²) in [5.74, 6) is -0.0548. The second-order valence-corrected chi connectivity index (χ2v) is 13.3. The number of carbonyl (C=O) groups excluding carboxylic acids is 2. The summed E-state index contributed by atoms with van der Waals surface area (Å²) >= 11 is 0. The third-order valence-corrected chi connectivity index (χ3v) is 9.55. The van der Waals surface area contributed by atoms with Crippen LogP contribution in [0.3, 0.4) is 0 Å². The molecule has 0 fully saturated rings. The second-order valence-electron chi connectivity index (χ2n) is 13.3. The monoisotopic (exact) mass is 691 g/mol. The number of rotatable bonds is 14. The lowest BCUT2D eigenvalue weighted by Crippen LogP contribution is -2.48. The Bertz CT molecular complexity index is 1970. The van der Waals surface area contributed by atoms with Gasteiger partial charge in [-0.05, 0) is 50.9 Å². The van der Waals surface area contributed by atoms with Crippen LogP contribution in [0.15, 0.2) is 140 Å². The maximum absolute atomic E-state index is 13.4. The van der Waals surface area contributed by atoms with Gasteiger partial charge in [0.25, 0.3) is 0 Å². The normalized spacial score (nSPS) is 12.0. The molecule has 0 bridgehead atoms. The molecule has 5 aromatic carbocycles. The molecule has 1 amide bonds. The maximum Gasteiger partial charge on any atom is 0.328 e. The number of tetrazole rings is 1. The smallest absolute Gasteiger partial charge is 0.328 e. The van der Waals surface area contributed by atoms with Crippen LogP contribution in [0, 0.1) is 5.92 Å². The molecule has 0 N–H and O–H groups in total. The Hall–Kier alpha value is -5.89. The Morgan fingerprint density at radius 1 is 0.731 bits per heavy atom. The number of amides is 1. The third-order valence-electron chi connectivity index (χ3n) is 9.55. The summed E-state index contributed by atoms with van der Waals surface area (Å²) < 4.78 is 5.13. The van der Waals surface area contributed by atoms with E-state index in [1.807, 2.05) is 111 Å². The van der Waals surface area contributed by atoms with E-state index in [1.54, 1.807) is 9.70 Å². The van der Waals surface area contributed by atoms with Gasteiger partial charge in [-0.1, -0.05) is 167 Å². The molecule has 0 saturated carbocycles. The number of hydrogen-bond acceptors (Lipinski definition) is 6. The Morgan fingerprint density at radius 3 is 1.75 bits per heavy atom. The number of nitrogens with zero attached hydrogens (tertiary/aromatic N) is 5. The zero-order chi connectivity index (χ0) is 36.5. The summed E-state index contributed by atoms with van der Waals surface area (Å²) in [5.41, 5.74) is 5.81. The number of esters is 1. The van der Waals surface area contributed by atoms with Crippen molar-refractivity contribution in [2.75, 3.05) is 7.11 Å². The molecule has 6 aromatic rings. The molecule has 1 heterocycles. The van der Waals surface area contributed by atoms with E-state index in [0.717, 1.165) is 51.8 Å². The van der Waals surface area contributed by atoms with E-state index in [0.29, 0.717) is 18.8 Å². The number of benzene rings is 5. The molecule has 1 atom stereocenters. The predicted molar refractivity (Wildman–Crippen MR) is 204 cm³/mol. The lowest BCUT2D eigenvalue weighted by molar-refractivity contribution is -0.155. The van der Waals surface area contributed by atoms with Gasteiger partial charge in [0.2, 0.25) is 11.7 Å². The summed E-state index contributed by atoms with van der Waals surface area (Å²) in [4.78, 5) is 29.7. The van der Waals surface area contributed by atoms with E-state index < -0.39 is 17.6 Å². The number of aromatic nitrogens is 4. The highest BCUT2D eigenvalue weighted by atomic mass is 16.5. The van der Waals surface area contributed by atoms with Gasteiger partial charge in [0, 0.05) is 18.5 Å². The lowest BCUT2D eigenvalue weighted by Gasteiger charge is -2.34. The molecule has 0 unspecified atom stereocenters. The van der Waals surface area contributed by atoms with Gasteiger partial charge in [0.05, 0.1) is 7.11 Å². The number of ether oxygens (including phenoxy) is 1. The Kier molecular flexibility index (Phi) is 11.3. The van der Waals surface area contributed by atoms with E-state index in [2.05, 4.69) is 49.4 Å². The number of hydrogen-bond donors (Lipinski definition) is 0. The van der Waals surface area contributed by atoms with Crippen molar-refractivity contribution >= 4 is 11.9 Å². The Labute approximate surface area is 306 Å².